The van der Waals surface area contributed by atoms with Crippen molar-refractivity contribution in [3.05, 3.63) is 58.4 Å². The van der Waals surface area contributed by atoms with Gasteiger partial charge in [0.1, 0.15) is 23.7 Å². The Morgan fingerprint density at radius 1 is 1.28 bits per heavy atom. The quantitative estimate of drug-likeness (QED) is 0.298. The molecule has 0 radical (unpaired) electrons. The molecular weight excluding hydrogens is 598 g/mol. The lowest BCUT2D eigenvalue weighted by Gasteiger charge is -2.41. The van der Waals surface area contributed by atoms with E-state index in [0.29, 0.717) is 23.8 Å². The first-order chi connectivity index (χ1) is 17.2. The summed E-state index contributed by atoms with van der Waals surface area (Å²) in [7, 11) is -2.92. The molecule has 5 aliphatic rings. The Bertz CT molecular complexity index is 1400. The zero-order valence-corrected chi connectivity index (χ0v) is 22.7. The summed E-state index contributed by atoms with van der Waals surface area (Å²) in [5, 5.41) is 0. The summed E-state index contributed by atoms with van der Waals surface area (Å²) < 4.78 is 55.0. The molecule has 0 aromatic heterocycles. The average molecular weight is 624 g/mol. The number of rotatable bonds is 5. The number of nitrogens with one attached hydrogen (secondary N) is 1. The van der Waals surface area contributed by atoms with Crippen LogP contribution in [0.2, 0.25) is 0 Å². The van der Waals surface area contributed by atoms with Gasteiger partial charge in [0.25, 0.3) is 10.0 Å². The summed E-state index contributed by atoms with van der Waals surface area (Å²) in [6.07, 6.45) is 4.81. The van der Waals surface area contributed by atoms with E-state index in [1.165, 1.54) is 19.2 Å². The summed E-state index contributed by atoms with van der Waals surface area (Å²) in [6.45, 7) is 3.28. The number of sulfonamides is 1. The number of piperidine rings is 3. The molecule has 0 amide bonds. The lowest BCUT2D eigenvalue weighted by atomic mass is 9.83. The number of nitrogens with zero attached hydrogens (tertiary/aromatic N) is 1. The first-order valence-electron chi connectivity index (χ1n) is 12.0. The van der Waals surface area contributed by atoms with Gasteiger partial charge in [-0.15, -0.1) is 0 Å². The summed E-state index contributed by atoms with van der Waals surface area (Å²) in [5.41, 5.74) is 2.44. The van der Waals surface area contributed by atoms with Crippen LogP contribution in [0.15, 0.2) is 40.8 Å². The second-order valence-electron chi connectivity index (χ2n) is 10.0. The van der Waals surface area contributed by atoms with Crippen LogP contribution >= 0.6 is 22.6 Å². The van der Waals surface area contributed by atoms with Crippen LogP contribution in [0.5, 0.6) is 5.75 Å². The van der Waals surface area contributed by atoms with Crippen molar-refractivity contribution in [3.8, 4) is 5.75 Å². The number of carbonyl (C=O) groups is 1. The molecule has 36 heavy (non-hydrogen) atoms. The molecule has 7 nitrogen and oxygen atoms in total. The Kier molecular flexibility index (Phi) is 5.84. The third-order valence-electron chi connectivity index (χ3n) is 7.78. The highest BCUT2D eigenvalue weighted by molar-refractivity contribution is 14.1. The number of ether oxygens (including phenoxy) is 2. The lowest BCUT2D eigenvalue weighted by molar-refractivity contribution is 0.0596. The number of benzene rings is 2. The Morgan fingerprint density at radius 3 is 2.75 bits per heavy atom. The molecule has 190 valence electrons. The molecule has 0 spiro atoms. The molecule has 2 aromatic rings. The number of esters is 1. The summed E-state index contributed by atoms with van der Waals surface area (Å²) in [4.78, 5) is 15.1. The van der Waals surface area contributed by atoms with Gasteiger partial charge in [0, 0.05) is 12.5 Å². The number of carbonyl (C=O) groups excluding carboxylic acids is 1. The number of fused-ring (bicyclic) bond motifs is 6. The number of anilines is 1. The molecule has 0 unspecified atom stereocenters. The molecule has 1 N–H and O–H groups in total. The van der Waals surface area contributed by atoms with Crippen molar-refractivity contribution in [2.24, 2.45) is 5.92 Å². The van der Waals surface area contributed by atoms with Gasteiger partial charge in [0.15, 0.2) is 0 Å². The molecule has 2 bridgehead atoms. The second kappa shape index (κ2) is 8.70. The maximum atomic E-state index is 14.2. The predicted octanol–water partition coefficient (Wildman–Crippen LogP) is 4.58. The molecule has 3 saturated heterocycles. The molecule has 4 aliphatic heterocycles. The molecule has 2 atom stereocenters. The minimum Gasteiger partial charge on any atom is -0.491 e. The van der Waals surface area contributed by atoms with Gasteiger partial charge in [0.05, 0.1) is 21.1 Å². The van der Waals surface area contributed by atoms with Crippen LogP contribution in [0.25, 0.3) is 6.08 Å². The fraction of sp³-hybridized carbons (Fsp3) is 0.423. The standard InChI is InChI=1S/C26H26FIN2O5S/c1-34-25(31)23-21(4-3-19-20-12-26(20,28)14-35-24(19)23)29-36(32,33)22-5-2-18(27)11-16(22)10-17-13-30-8-6-15(17)7-9-30/h2-5,10-11,15,20,29H,6-9,12-14H2,1H3/t20-,26-/m1/s1. The number of hydrogen-bond donors (Lipinski definition) is 1. The predicted molar refractivity (Wildman–Crippen MR) is 142 cm³/mol. The first-order valence-corrected chi connectivity index (χ1v) is 14.6. The van der Waals surface area contributed by atoms with Crippen molar-refractivity contribution in [3.63, 3.8) is 0 Å². The number of methoxy groups -OCH3 is 1. The minimum absolute atomic E-state index is 0.0187. The van der Waals surface area contributed by atoms with Gasteiger partial charge in [-0.3, -0.25) is 9.62 Å². The van der Waals surface area contributed by atoms with E-state index in [0.717, 1.165) is 56.1 Å². The van der Waals surface area contributed by atoms with Crippen molar-refractivity contribution >= 4 is 50.3 Å². The molecule has 2 aromatic carbocycles. The summed E-state index contributed by atoms with van der Waals surface area (Å²) in [6, 6.07) is 7.06. The number of halogens is 2. The van der Waals surface area contributed by atoms with Gasteiger partial charge in [-0.25, -0.2) is 17.6 Å². The van der Waals surface area contributed by atoms with E-state index in [9.17, 15) is 17.6 Å². The van der Waals surface area contributed by atoms with E-state index in [-0.39, 0.29) is 25.5 Å². The molecule has 4 heterocycles. The van der Waals surface area contributed by atoms with Crippen LogP contribution < -0.4 is 9.46 Å². The Balaban J connectivity index is 1.39. The van der Waals surface area contributed by atoms with E-state index >= 15 is 0 Å². The lowest BCUT2D eigenvalue weighted by Crippen LogP contribution is -2.42. The molecule has 10 heteroatoms. The van der Waals surface area contributed by atoms with Gasteiger partial charge in [-0.2, -0.15) is 0 Å². The zero-order valence-electron chi connectivity index (χ0n) is 19.7. The van der Waals surface area contributed by atoms with E-state index in [2.05, 4.69) is 32.2 Å². The minimum atomic E-state index is -4.17. The van der Waals surface area contributed by atoms with E-state index in [1.54, 1.807) is 6.07 Å². The van der Waals surface area contributed by atoms with E-state index in [4.69, 9.17) is 9.47 Å². The van der Waals surface area contributed by atoms with E-state index in [1.807, 2.05) is 12.1 Å². The van der Waals surface area contributed by atoms with Gasteiger partial charge < -0.3 is 9.47 Å². The third-order valence-corrected chi connectivity index (χ3v) is 10.7. The number of hydrogen-bond acceptors (Lipinski definition) is 6. The van der Waals surface area contributed by atoms with Gasteiger partial charge in [0.2, 0.25) is 0 Å². The van der Waals surface area contributed by atoms with Crippen LogP contribution in [-0.2, 0) is 14.8 Å². The van der Waals surface area contributed by atoms with Crippen LogP contribution in [0.1, 0.15) is 46.7 Å². The third kappa shape index (κ3) is 4.10. The molecule has 1 saturated carbocycles. The maximum absolute atomic E-state index is 14.2. The fourth-order valence-corrected chi connectivity index (χ4v) is 7.90. The van der Waals surface area contributed by atoms with Crippen LogP contribution in [0.4, 0.5) is 10.1 Å². The van der Waals surface area contributed by atoms with Gasteiger partial charge >= 0.3 is 5.97 Å². The topological polar surface area (TPSA) is 84.9 Å². The normalized spacial score (nSPS) is 29.2. The van der Waals surface area contributed by atoms with Crippen LogP contribution in [0.3, 0.4) is 0 Å². The fourth-order valence-electron chi connectivity index (χ4n) is 5.73. The molecular formula is C26H26FIN2O5S. The highest BCUT2D eigenvalue weighted by Gasteiger charge is 2.57. The smallest absolute Gasteiger partial charge is 0.343 e. The SMILES string of the molecule is COC(=O)c1c(NS(=O)(=O)c2ccc(F)cc2C=C2CN3CCC2CC3)ccc2c1OC[C@]1(I)C[C@H]21. The Labute approximate surface area is 223 Å². The van der Waals surface area contributed by atoms with Crippen LogP contribution in [-0.4, -0.2) is 56.1 Å². The number of alkyl halides is 1. The van der Waals surface area contributed by atoms with Crippen molar-refractivity contribution < 1.29 is 27.1 Å². The van der Waals surface area contributed by atoms with Gasteiger partial charge in [-0.05, 0) is 73.7 Å². The molecule has 1 aliphatic carbocycles. The first kappa shape index (κ1) is 24.2. The Hall–Kier alpha value is -2.18. The highest BCUT2D eigenvalue weighted by Crippen LogP contribution is 2.63. The molecule has 7 rings (SSSR count). The maximum Gasteiger partial charge on any atom is 0.343 e. The monoisotopic (exact) mass is 624 g/mol. The van der Waals surface area contributed by atoms with Crippen LogP contribution in [0, 0.1) is 11.7 Å². The zero-order chi connectivity index (χ0) is 25.2. The van der Waals surface area contributed by atoms with E-state index < -0.39 is 21.8 Å². The largest absolute Gasteiger partial charge is 0.491 e. The van der Waals surface area contributed by atoms with Crippen molar-refractivity contribution in [1.82, 2.24) is 4.90 Å². The highest BCUT2D eigenvalue weighted by atomic mass is 127. The van der Waals surface area contributed by atoms with Crippen molar-refractivity contribution in [2.75, 3.05) is 38.1 Å². The summed E-state index contributed by atoms with van der Waals surface area (Å²) in [5.74, 6) is -0.178. The summed E-state index contributed by atoms with van der Waals surface area (Å²) >= 11 is 2.38. The van der Waals surface area contributed by atoms with Crippen molar-refractivity contribution in [1.29, 1.82) is 0 Å². The van der Waals surface area contributed by atoms with Gasteiger partial charge in [-0.1, -0.05) is 40.3 Å². The average Bonchev–Trinajstić information content (AvgIpc) is 3.56. The Morgan fingerprint density at radius 2 is 2.06 bits per heavy atom. The second-order valence-corrected chi connectivity index (χ2v) is 13.8. The van der Waals surface area contributed by atoms with Crippen molar-refractivity contribution in [2.45, 2.75) is 33.5 Å². The molecule has 4 fully saturated rings.